The van der Waals surface area contributed by atoms with Gasteiger partial charge in [0.15, 0.2) is 0 Å². The fourth-order valence-corrected chi connectivity index (χ4v) is 1.81. The summed E-state index contributed by atoms with van der Waals surface area (Å²) in [4.78, 5) is 9.12. The Kier molecular flexibility index (Phi) is 15.6. The third-order valence-electron chi connectivity index (χ3n) is 1.60. The molecule has 0 rings (SSSR count). The molecule has 0 fully saturated rings. The van der Waals surface area contributed by atoms with Gasteiger partial charge in [-0.1, -0.05) is 13.8 Å². The minimum Gasteiger partial charge on any atom is -0.830 e. The van der Waals surface area contributed by atoms with Crippen LogP contribution in [0.4, 0.5) is 0 Å². The number of hydrogen-bond donors (Lipinski definition) is 0. The summed E-state index contributed by atoms with van der Waals surface area (Å²) in [5.74, 6) is 2.69. The lowest BCUT2D eigenvalue weighted by Crippen LogP contribution is -2.38. The molecular weight excluding hydrogens is 226 g/mol. The SMILES string of the molecule is CCOB([O-])OOCCSCCC(C)C.[B]. The van der Waals surface area contributed by atoms with Crippen LogP contribution >= 0.6 is 11.8 Å². The maximum absolute atomic E-state index is 10.7. The fourth-order valence-electron chi connectivity index (χ4n) is 0.782. The Morgan fingerprint density at radius 2 is 2.00 bits per heavy atom. The highest BCUT2D eigenvalue weighted by Crippen LogP contribution is 2.08. The van der Waals surface area contributed by atoms with Crippen molar-refractivity contribution in [3.05, 3.63) is 0 Å². The average molecular weight is 246 g/mol. The molecule has 0 saturated heterocycles. The zero-order valence-corrected chi connectivity index (χ0v) is 11.1. The van der Waals surface area contributed by atoms with Gasteiger partial charge in [0.05, 0.1) is 6.61 Å². The minimum atomic E-state index is -1.52. The summed E-state index contributed by atoms with van der Waals surface area (Å²) in [6.45, 7) is 6.89. The van der Waals surface area contributed by atoms with Crippen LogP contribution in [0.5, 0.6) is 0 Å². The summed E-state index contributed by atoms with van der Waals surface area (Å²) in [5, 5.41) is 10.7. The van der Waals surface area contributed by atoms with E-state index in [2.05, 4.69) is 23.3 Å². The first kappa shape index (κ1) is 18.7. The van der Waals surface area contributed by atoms with Crippen LogP contribution in [0.1, 0.15) is 27.2 Å². The predicted octanol–water partition coefficient (Wildman–Crippen LogP) is 0.715. The van der Waals surface area contributed by atoms with Crippen LogP contribution in [-0.4, -0.2) is 40.5 Å². The second-order valence-corrected chi connectivity index (χ2v) is 4.68. The van der Waals surface area contributed by atoms with E-state index in [9.17, 15) is 5.02 Å². The van der Waals surface area contributed by atoms with Crippen molar-refractivity contribution in [1.82, 2.24) is 0 Å². The van der Waals surface area contributed by atoms with E-state index in [1.165, 1.54) is 6.42 Å². The first-order chi connectivity index (χ1) is 7.16. The van der Waals surface area contributed by atoms with Crippen molar-refractivity contribution in [3.63, 3.8) is 0 Å². The van der Waals surface area contributed by atoms with E-state index in [0.29, 0.717) is 13.2 Å². The van der Waals surface area contributed by atoms with Gasteiger partial charge in [0, 0.05) is 20.8 Å². The van der Waals surface area contributed by atoms with E-state index in [4.69, 9.17) is 4.89 Å². The van der Waals surface area contributed by atoms with Crippen molar-refractivity contribution >= 4 is 27.5 Å². The van der Waals surface area contributed by atoms with Gasteiger partial charge >= 0.3 is 7.32 Å². The fraction of sp³-hybridized carbons (Fsp3) is 1.00. The summed E-state index contributed by atoms with van der Waals surface area (Å²) in [5.41, 5.74) is 0. The van der Waals surface area contributed by atoms with E-state index in [-0.39, 0.29) is 8.41 Å². The van der Waals surface area contributed by atoms with Crippen LogP contribution in [0, 0.1) is 5.92 Å². The molecule has 0 aromatic carbocycles. The van der Waals surface area contributed by atoms with Crippen LogP contribution < -0.4 is 5.02 Å². The first-order valence-corrected chi connectivity index (χ1v) is 6.45. The molecule has 93 valence electrons. The summed E-state index contributed by atoms with van der Waals surface area (Å²) in [6.07, 6.45) is 1.20. The molecule has 0 atom stereocenters. The van der Waals surface area contributed by atoms with Gasteiger partial charge in [-0.05, 0) is 25.0 Å². The third-order valence-corrected chi connectivity index (χ3v) is 2.58. The van der Waals surface area contributed by atoms with Gasteiger partial charge in [0.25, 0.3) is 0 Å². The van der Waals surface area contributed by atoms with E-state index in [1.54, 1.807) is 18.7 Å². The van der Waals surface area contributed by atoms with Gasteiger partial charge in [-0.2, -0.15) is 11.8 Å². The molecule has 0 unspecified atom stereocenters. The maximum Gasteiger partial charge on any atom is 0.389 e. The van der Waals surface area contributed by atoms with Gasteiger partial charge in [-0.25, -0.2) is 0 Å². The highest BCUT2D eigenvalue weighted by Gasteiger charge is 2.00. The van der Waals surface area contributed by atoms with Crippen molar-refractivity contribution in [2.75, 3.05) is 24.7 Å². The van der Waals surface area contributed by atoms with Crippen LogP contribution in [0.3, 0.4) is 0 Å². The molecule has 7 heteroatoms. The van der Waals surface area contributed by atoms with Crippen LogP contribution in [0.15, 0.2) is 0 Å². The summed E-state index contributed by atoms with van der Waals surface area (Å²) in [6, 6.07) is 0. The van der Waals surface area contributed by atoms with E-state index in [1.807, 2.05) is 0 Å². The lowest BCUT2D eigenvalue weighted by atomic mass is 10.2. The largest absolute Gasteiger partial charge is 0.830 e. The molecule has 0 N–H and O–H groups in total. The molecule has 0 aliphatic carbocycles. The van der Waals surface area contributed by atoms with Gasteiger partial charge in [0.2, 0.25) is 0 Å². The molecule has 3 radical (unpaired) electrons. The minimum absolute atomic E-state index is 0. The monoisotopic (exact) mass is 246 g/mol. The smallest absolute Gasteiger partial charge is 0.389 e. The average Bonchev–Trinajstić information content (AvgIpc) is 2.16. The van der Waals surface area contributed by atoms with Gasteiger partial charge in [0.1, 0.15) is 0 Å². The van der Waals surface area contributed by atoms with E-state index in [0.717, 1.165) is 17.4 Å². The molecule has 4 nitrogen and oxygen atoms in total. The Balaban J connectivity index is 0. The summed E-state index contributed by atoms with van der Waals surface area (Å²) < 4.78 is 4.59. The molecule has 0 saturated carbocycles. The Bertz CT molecular complexity index is 141. The topological polar surface area (TPSA) is 50.8 Å². The predicted molar refractivity (Wildman–Crippen MR) is 67.0 cm³/mol. The first-order valence-electron chi connectivity index (χ1n) is 5.30. The second-order valence-electron chi connectivity index (χ2n) is 3.46. The molecule has 0 aromatic heterocycles. The maximum atomic E-state index is 10.7. The Hall–Kier alpha value is 0.320. The van der Waals surface area contributed by atoms with Crippen molar-refractivity contribution in [2.45, 2.75) is 27.2 Å². The van der Waals surface area contributed by atoms with Crippen LogP contribution in [0.25, 0.3) is 0 Å². The van der Waals surface area contributed by atoms with Crippen molar-refractivity contribution in [1.29, 1.82) is 0 Å². The van der Waals surface area contributed by atoms with Crippen molar-refractivity contribution in [3.8, 4) is 0 Å². The molecule has 0 spiro atoms. The lowest BCUT2D eigenvalue weighted by Gasteiger charge is -2.16. The Morgan fingerprint density at radius 3 is 2.56 bits per heavy atom. The van der Waals surface area contributed by atoms with Crippen molar-refractivity contribution < 1.29 is 19.4 Å². The molecule has 0 amide bonds. The van der Waals surface area contributed by atoms with Crippen LogP contribution in [-0.2, 0) is 14.3 Å². The third kappa shape index (κ3) is 14.3. The number of hydrogen-bond acceptors (Lipinski definition) is 5. The molecule has 0 bridgehead atoms. The van der Waals surface area contributed by atoms with Crippen LogP contribution in [0.2, 0.25) is 0 Å². The zero-order valence-electron chi connectivity index (χ0n) is 10.3. The summed E-state index contributed by atoms with van der Waals surface area (Å²) in [7, 11) is -1.52. The van der Waals surface area contributed by atoms with Crippen molar-refractivity contribution in [2.24, 2.45) is 5.92 Å². The molecule has 16 heavy (non-hydrogen) atoms. The Labute approximate surface area is 105 Å². The normalized spacial score (nSPS) is 10.3. The second kappa shape index (κ2) is 13.4. The van der Waals surface area contributed by atoms with Gasteiger partial charge in [-0.15, -0.1) is 0 Å². The highest BCUT2D eigenvalue weighted by molar-refractivity contribution is 7.99. The molecule has 0 heterocycles. The van der Waals surface area contributed by atoms with E-state index < -0.39 is 7.32 Å². The quantitative estimate of drug-likeness (QED) is 0.246. The van der Waals surface area contributed by atoms with Gasteiger partial charge in [-0.3, -0.25) is 9.69 Å². The number of thioether (sulfide) groups is 1. The Morgan fingerprint density at radius 1 is 1.31 bits per heavy atom. The van der Waals surface area contributed by atoms with E-state index >= 15 is 0 Å². The number of rotatable bonds is 10. The lowest BCUT2D eigenvalue weighted by molar-refractivity contribution is -0.332. The molecule has 0 aromatic rings. The molecular formula is C9H20B2O4S-. The standard InChI is InChI=1S/C9H20BO4S.B/c1-4-12-10(11)14-13-6-8-15-7-5-9(2)3;/h9H,4-8H2,1-3H3;/q-1;. The highest BCUT2D eigenvalue weighted by atomic mass is 32.2. The molecule has 0 aliphatic heterocycles. The molecule has 0 aliphatic rings. The van der Waals surface area contributed by atoms with Gasteiger partial charge < -0.3 is 9.68 Å². The summed E-state index contributed by atoms with van der Waals surface area (Å²) >= 11 is 1.80. The zero-order chi connectivity index (χ0) is 11.5.